The normalized spacial score (nSPS) is 12.4. The molecule has 1 aromatic rings. The van der Waals surface area contributed by atoms with E-state index >= 15 is 0 Å². The van der Waals surface area contributed by atoms with E-state index in [1.807, 2.05) is 0 Å². The molecule has 1 aromatic heterocycles. The van der Waals surface area contributed by atoms with Gasteiger partial charge in [-0.3, -0.25) is 0 Å². The molecule has 0 aliphatic heterocycles. The lowest BCUT2D eigenvalue weighted by molar-refractivity contribution is 0.0696. The molecule has 6 nitrogen and oxygen atoms in total. The molecule has 0 aliphatic rings. The predicted molar refractivity (Wildman–Crippen MR) is 51.6 cm³/mol. The van der Waals surface area contributed by atoms with E-state index in [4.69, 9.17) is 22.3 Å². The number of hydrogen-bond donors (Lipinski definition) is 4. The number of aromatic nitrogens is 1. The number of carbonyl (C=O) groups is 1. The third-order valence-electron chi connectivity index (χ3n) is 1.85. The Hall–Kier alpha value is -1.66. The van der Waals surface area contributed by atoms with Crippen LogP contribution in [0.2, 0.25) is 0 Å². The molecule has 1 unspecified atom stereocenters. The van der Waals surface area contributed by atoms with Gasteiger partial charge in [0.15, 0.2) is 0 Å². The number of aromatic carboxylic acids is 1. The first-order chi connectivity index (χ1) is 6.56. The van der Waals surface area contributed by atoms with E-state index in [0.717, 1.165) is 0 Å². The standard InChI is InChI=1S/C8H12N4O2/c9-2-6(10)5-1-4(8(13)14)3-12-7(5)11/h1,3,6H,2,9-10H2,(H2,11,12)(H,13,14). The van der Waals surface area contributed by atoms with Gasteiger partial charge in [0.1, 0.15) is 5.82 Å². The summed E-state index contributed by atoms with van der Waals surface area (Å²) in [5.74, 6) is -0.851. The summed E-state index contributed by atoms with van der Waals surface area (Å²) >= 11 is 0. The van der Waals surface area contributed by atoms with E-state index in [1.54, 1.807) is 0 Å². The topological polar surface area (TPSA) is 128 Å². The van der Waals surface area contributed by atoms with Crippen LogP contribution >= 0.6 is 0 Å². The number of carboxylic acid groups (broad SMARTS) is 1. The molecule has 0 bridgehead atoms. The number of nitrogen functional groups attached to an aromatic ring is 1. The second kappa shape index (κ2) is 4.03. The number of carboxylic acids is 1. The van der Waals surface area contributed by atoms with Gasteiger partial charge in [-0.15, -0.1) is 0 Å². The molecule has 0 fully saturated rings. The van der Waals surface area contributed by atoms with Gasteiger partial charge in [-0.1, -0.05) is 0 Å². The molecule has 0 amide bonds. The minimum atomic E-state index is -1.07. The summed E-state index contributed by atoms with van der Waals surface area (Å²) in [6, 6.07) is 0.907. The Morgan fingerprint density at radius 3 is 2.79 bits per heavy atom. The Morgan fingerprint density at radius 2 is 2.29 bits per heavy atom. The molecule has 1 rings (SSSR count). The first-order valence-electron chi connectivity index (χ1n) is 4.00. The minimum absolute atomic E-state index is 0.0538. The molecule has 0 radical (unpaired) electrons. The summed E-state index contributed by atoms with van der Waals surface area (Å²) in [6.07, 6.45) is 1.18. The fourth-order valence-corrected chi connectivity index (χ4v) is 1.03. The fourth-order valence-electron chi connectivity index (χ4n) is 1.03. The van der Waals surface area contributed by atoms with Crippen LogP contribution < -0.4 is 17.2 Å². The zero-order valence-electron chi connectivity index (χ0n) is 7.47. The van der Waals surface area contributed by atoms with Gasteiger partial charge < -0.3 is 22.3 Å². The van der Waals surface area contributed by atoms with Gasteiger partial charge >= 0.3 is 5.97 Å². The van der Waals surface area contributed by atoms with Crippen molar-refractivity contribution in [1.82, 2.24) is 4.98 Å². The van der Waals surface area contributed by atoms with Crippen molar-refractivity contribution in [3.05, 3.63) is 23.4 Å². The molecule has 0 saturated heterocycles. The van der Waals surface area contributed by atoms with E-state index in [2.05, 4.69) is 4.98 Å². The second-order valence-electron chi connectivity index (χ2n) is 2.85. The van der Waals surface area contributed by atoms with Crippen LogP contribution in [0, 0.1) is 0 Å². The van der Waals surface area contributed by atoms with E-state index in [-0.39, 0.29) is 17.9 Å². The summed E-state index contributed by atoms with van der Waals surface area (Å²) in [7, 11) is 0. The lowest BCUT2D eigenvalue weighted by Gasteiger charge is -2.11. The third kappa shape index (κ3) is 1.98. The van der Waals surface area contributed by atoms with Crippen molar-refractivity contribution in [3.63, 3.8) is 0 Å². The van der Waals surface area contributed by atoms with Gasteiger partial charge in [0, 0.05) is 24.3 Å². The largest absolute Gasteiger partial charge is 0.478 e. The van der Waals surface area contributed by atoms with Crippen LogP contribution in [0.4, 0.5) is 5.82 Å². The molecule has 0 saturated carbocycles. The Labute approximate surface area is 80.7 Å². The molecular weight excluding hydrogens is 184 g/mol. The number of hydrogen-bond acceptors (Lipinski definition) is 5. The van der Waals surface area contributed by atoms with Crippen molar-refractivity contribution in [1.29, 1.82) is 0 Å². The maximum atomic E-state index is 10.6. The average Bonchev–Trinajstić information content (AvgIpc) is 2.17. The smallest absolute Gasteiger partial charge is 0.337 e. The monoisotopic (exact) mass is 196 g/mol. The molecule has 14 heavy (non-hydrogen) atoms. The zero-order valence-corrected chi connectivity index (χ0v) is 7.47. The number of rotatable bonds is 3. The van der Waals surface area contributed by atoms with Crippen LogP contribution in [0.3, 0.4) is 0 Å². The SMILES string of the molecule is NCC(N)c1cc(C(=O)O)cnc1N. The van der Waals surface area contributed by atoms with Gasteiger partial charge in [-0.05, 0) is 6.07 Å². The van der Waals surface area contributed by atoms with E-state index in [0.29, 0.717) is 5.56 Å². The maximum absolute atomic E-state index is 10.6. The number of anilines is 1. The van der Waals surface area contributed by atoms with Crippen LogP contribution in [0.15, 0.2) is 12.3 Å². The van der Waals surface area contributed by atoms with Crippen molar-refractivity contribution in [2.75, 3.05) is 12.3 Å². The molecule has 0 aliphatic carbocycles. The van der Waals surface area contributed by atoms with Crippen LogP contribution in [-0.2, 0) is 0 Å². The van der Waals surface area contributed by atoms with Gasteiger partial charge in [0.2, 0.25) is 0 Å². The highest BCUT2D eigenvalue weighted by molar-refractivity contribution is 5.87. The molecule has 76 valence electrons. The molecular formula is C8H12N4O2. The highest BCUT2D eigenvalue weighted by Gasteiger charge is 2.12. The summed E-state index contributed by atoms with van der Waals surface area (Å²) in [4.78, 5) is 14.4. The molecule has 0 spiro atoms. The quantitative estimate of drug-likeness (QED) is 0.507. The highest BCUT2D eigenvalue weighted by atomic mass is 16.4. The lowest BCUT2D eigenvalue weighted by Crippen LogP contribution is -2.22. The predicted octanol–water partition coefficient (Wildman–Crippen LogP) is -0.679. The molecule has 7 N–H and O–H groups in total. The van der Waals surface area contributed by atoms with Crippen molar-refractivity contribution >= 4 is 11.8 Å². The van der Waals surface area contributed by atoms with Gasteiger partial charge in [0.05, 0.1) is 5.56 Å². The van der Waals surface area contributed by atoms with Gasteiger partial charge in [-0.2, -0.15) is 0 Å². The van der Waals surface area contributed by atoms with Crippen molar-refractivity contribution < 1.29 is 9.90 Å². The second-order valence-corrected chi connectivity index (χ2v) is 2.85. The number of pyridine rings is 1. The van der Waals surface area contributed by atoms with Gasteiger partial charge in [-0.25, -0.2) is 9.78 Å². The number of nitrogens with two attached hydrogens (primary N) is 3. The Kier molecular flexibility index (Phi) is 3.00. The zero-order chi connectivity index (χ0) is 10.7. The lowest BCUT2D eigenvalue weighted by atomic mass is 10.1. The van der Waals surface area contributed by atoms with Crippen LogP contribution in [0.5, 0.6) is 0 Å². The molecule has 0 aromatic carbocycles. The maximum Gasteiger partial charge on any atom is 0.337 e. The Bertz CT molecular complexity index is 353. The first kappa shape index (κ1) is 10.4. The summed E-state index contributed by atoms with van der Waals surface area (Å²) < 4.78 is 0. The molecule has 1 atom stereocenters. The van der Waals surface area contributed by atoms with Crippen molar-refractivity contribution in [2.24, 2.45) is 11.5 Å². The fraction of sp³-hybridized carbons (Fsp3) is 0.250. The van der Waals surface area contributed by atoms with Gasteiger partial charge in [0.25, 0.3) is 0 Å². The first-order valence-corrected chi connectivity index (χ1v) is 4.00. The van der Waals surface area contributed by atoms with Crippen LogP contribution in [-0.4, -0.2) is 22.6 Å². The van der Waals surface area contributed by atoms with E-state index in [1.165, 1.54) is 12.3 Å². The molecule has 6 heteroatoms. The highest BCUT2D eigenvalue weighted by Crippen LogP contribution is 2.16. The summed E-state index contributed by atoms with van der Waals surface area (Å²) in [5.41, 5.74) is 17.0. The minimum Gasteiger partial charge on any atom is -0.478 e. The summed E-state index contributed by atoms with van der Waals surface area (Å²) in [5, 5.41) is 8.70. The molecule has 1 heterocycles. The van der Waals surface area contributed by atoms with E-state index < -0.39 is 12.0 Å². The Morgan fingerprint density at radius 1 is 1.64 bits per heavy atom. The van der Waals surface area contributed by atoms with Crippen LogP contribution in [0.25, 0.3) is 0 Å². The Balaban J connectivity index is 3.14. The average molecular weight is 196 g/mol. The van der Waals surface area contributed by atoms with Crippen LogP contribution in [0.1, 0.15) is 22.0 Å². The number of nitrogens with zero attached hydrogens (tertiary/aromatic N) is 1. The van der Waals surface area contributed by atoms with Crippen molar-refractivity contribution in [3.8, 4) is 0 Å². The van der Waals surface area contributed by atoms with Crippen molar-refractivity contribution in [2.45, 2.75) is 6.04 Å². The van der Waals surface area contributed by atoms with E-state index in [9.17, 15) is 4.79 Å². The third-order valence-corrected chi connectivity index (χ3v) is 1.85. The summed E-state index contributed by atoms with van der Waals surface area (Å²) in [6.45, 7) is 0.189.